The van der Waals surface area contributed by atoms with Crippen LogP contribution in [0.3, 0.4) is 0 Å². The zero-order chi connectivity index (χ0) is 12.1. The van der Waals surface area contributed by atoms with Crippen LogP contribution in [0, 0.1) is 10.1 Å². The van der Waals surface area contributed by atoms with E-state index in [1.54, 1.807) is 6.20 Å². The molecule has 1 saturated heterocycles. The molecular weight excluding hydrogens is 218 g/mol. The first-order valence-corrected chi connectivity index (χ1v) is 6.08. The maximum atomic E-state index is 10.4. The van der Waals surface area contributed by atoms with Crippen LogP contribution >= 0.6 is 0 Å². The Bertz CT molecular complexity index is 389. The van der Waals surface area contributed by atoms with E-state index in [0.29, 0.717) is 6.42 Å². The molecule has 5 nitrogen and oxygen atoms in total. The highest BCUT2D eigenvalue weighted by atomic mass is 16.6. The fraction of sp³-hybridized carbons (Fsp3) is 0.583. The van der Waals surface area contributed by atoms with Gasteiger partial charge in [0.05, 0.1) is 0 Å². The van der Waals surface area contributed by atoms with E-state index in [1.807, 2.05) is 12.1 Å². The van der Waals surface area contributed by atoms with Crippen LogP contribution in [-0.2, 0) is 6.42 Å². The van der Waals surface area contributed by atoms with Crippen LogP contribution in [0.15, 0.2) is 18.3 Å². The molecule has 1 aliphatic heterocycles. The molecule has 92 valence electrons. The van der Waals surface area contributed by atoms with Crippen molar-refractivity contribution in [2.75, 3.05) is 24.5 Å². The predicted molar refractivity (Wildman–Crippen MR) is 65.9 cm³/mol. The number of nitro groups is 1. The van der Waals surface area contributed by atoms with Crippen LogP contribution in [0.25, 0.3) is 0 Å². The highest BCUT2D eigenvalue weighted by Gasteiger charge is 2.16. The average molecular weight is 235 g/mol. The lowest BCUT2D eigenvalue weighted by atomic mass is 10.1. The molecule has 0 bridgehead atoms. The van der Waals surface area contributed by atoms with E-state index in [0.717, 1.165) is 24.5 Å². The Morgan fingerprint density at radius 2 is 2.12 bits per heavy atom. The van der Waals surface area contributed by atoms with Gasteiger partial charge in [0, 0.05) is 36.2 Å². The molecule has 0 atom stereocenters. The monoisotopic (exact) mass is 235 g/mol. The number of rotatable bonds is 4. The summed E-state index contributed by atoms with van der Waals surface area (Å²) in [5, 5.41) is 10.4. The van der Waals surface area contributed by atoms with Gasteiger partial charge in [-0.05, 0) is 25.3 Å². The van der Waals surface area contributed by atoms with Crippen LogP contribution in [0.1, 0.15) is 24.8 Å². The first-order valence-electron chi connectivity index (χ1n) is 6.08. The van der Waals surface area contributed by atoms with Gasteiger partial charge in [-0.3, -0.25) is 10.1 Å². The largest absolute Gasteiger partial charge is 0.356 e. The molecule has 2 rings (SSSR count). The Balaban J connectivity index is 2.11. The minimum Gasteiger partial charge on any atom is -0.356 e. The van der Waals surface area contributed by atoms with Gasteiger partial charge in [0.25, 0.3) is 0 Å². The van der Waals surface area contributed by atoms with E-state index in [1.165, 1.54) is 19.3 Å². The zero-order valence-corrected chi connectivity index (χ0v) is 9.84. The molecule has 2 heterocycles. The number of anilines is 1. The van der Waals surface area contributed by atoms with Gasteiger partial charge in [0.2, 0.25) is 6.54 Å². The van der Waals surface area contributed by atoms with E-state index < -0.39 is 0 Å². The minimum atomic E-state index is -0.271. The van der Waals surface area contributed by atoms with Crippen molar-refractivity contribution >= 4 is 5.82 Å². The molecule has 0 radical (unpaired) electrons. The molecule has 0 saturated carbocycles. The molecule has 0 aromatic carbocycles. The van der Waals surface area contributed by atoms with E-state index in [4.69, 9.17) is 0 Å². The van der Waals surface area contributed by atoms with Crippen molar-refractivity contribution < 1.29 is 4.92 Å². The summed E-state index contributed by atoms with van der Waals surface area (Å²) in [7, 11) is 0. The van der Waals surface area contributed by atoms with Gasteiger partial charge in [-0.15, -0.1) is 0 Å². The fourth-order valence-corrected chi connectivity index (χ4v) is 2.23. The fourth-order valence-electron chi connectivity index (χ4n) is 2.23. The summed E-state index contributed by atoms with van der Waals surface area (Å²) in [6, 6.07) is 3.79. The van der Waals surface area contributed by atoms with Crippen molar-refractivity contribution in [3.05, 3.63) is 34.0 Å². The molecule has 0 unspecified atom stereocenters. The third kappa shape index (κ3) is 3.15. The second kappa shape index (κ2) is 5.61. The lowest BCUT2D eigenvalue weighted by Crippen LogP contribution is -2.31. The van der Waals surface area contributed by atoms with Crippen molar-refractivity contribution in [3.8, 4) is 0 Å². The summed E-state index contributed by atoms with van der Waals surface area (Å²) < 4.78 is 0. The summed E-state index contributed by atoms with van der Waals surface area (Å²) >= 11 is 0. The molecule has 5 heteroatoms. The van der Waals surface area contributed by atoms with E-state index in [9.17, 15) is 10.1 Å². The standard InChI is InChI=1S/C12H17N3O2/c16-15(17)10-6-11-5-4-7-13-12(11)14-8-2-1-3-9-14/h4-5,7H,1-3,6,8-10H2. The third-order valence-corrected chi connectivity index (χ3v) is 3.09. The van der Waals surface area contributed by atoms with E-state index >= 15 is 0 Å². The quantitative estimate of drug-likeness (QED) is 0.590. The first-order chi connectivity index (χ1) is 8.27. The number of aromatic nitrogens is 1. The Morgan fingerprint density at radius 1 is 1.35 bits per heavy atom. The highest BCUT2D eigenvalue weighted by Crippen LogP contribution is 2.21. The molecule has 1 aromatic rings. The number of pyridine rings is 1. The second-order valence-corrected chi connectivity index (χ2v) is 4.34. The molecule has 0 N–H and O–H groups in total. The van der Waals surface area contributed by atoms with Gasteiger partial charge < -0.3 is 4.90 Å². The molecule has 1 aliphatic rings. The number of nitrogens with zero attached hydrogens (tertiary/aromatic N) is 3. The van der Waals surface area contributed by atoms with Gasteiger partial charge in [-0.25, -0.2) is 4.98 Å². The van der Waals surface area contributed by atoms with E-state index in [2.05, 4.69) is 9.88 Å². The SMILES string of the molecule is O=[N+]([O-])CCc1cccnc1N1CCCCC1. The van der Waals surface area contributed by atoms with Crippen LogP contribution in [-0.4, -0.2) is 29.5 Å². The maximum Gasteiger partial charge on any atom is 0.208 e. The molecule has 0 amide bonds. The minimum absolute atomic E-state index is 0.0213. The Labute approximate surface area is 101 Å². The summed E-state index contributed by atoms with van der Waals surface area (Å²) in [5.74, 6) is 0.939. The lowest BCUT2D eigenvalue weighted by Gasteiger charge is -2.29. The van der Waals surface area contributed by atoms with Crippen LogP contribution in [0.2, 0.25) is 0 Å². The van der Waals surface area contributed by atoms with Crippen molar-refractivity contribution in [2.24, 2.45) is 0 Å². The summed E-state index contributed by atoms with van der Waals surface area (Å²) in [5.41, 5.74) is 0.992. The number of piperidine rings is 1. The molecule has 1 aromatic heterocycles. The van der Waals surface area contributed by atoms with Gasteiger partial charge in [0.15, 0.2) is 0 Å². The Hall–Kier alpha value is -1.65. The average Bonchev–Trinajstić information content (AvgIpc) is 2.38. The van der Waals surface area contributed by atoms with Gasteiger partial charge in [-0.1, -0.05) is 6.07 Å². The van der Waals surface area contributed by atoms with Crippen molar-refractivity contribution in [1.82, 2.24) is 4.98 Å². The topological polar surface area (TPSA) is 59.3 Å². The third-order valence-electron chi connectivity index (χ3n) is 3.09. The van der Waals surface area contributed by atoms with Crippen molar-refractivity contribution in [2.45, 2.75) is 25.7 Å². The molecule has 0 spiro atoms. The van der Waals surface area contributed by atoms with Crippen LogP contribution in [0.5, 0.6) is 0 Å². The summed E-state index contributed by atoms with van der Waals surface area (Å²) in [4.78, 5) is 16.8. The molecule has 17 heavy (non-hydrogen) atoms. The van der Waals surface area contributed by atoms with Gasteiger partial charge in [-0.2, -0.15) is 0 Å². The maximum absolute atomic E-state index is 10.4. The normalized spacial score (nSPS) is 15.9. The van der Waals surface area contributed by atoms with Gasteiger partial charge in [0.1, 0.15) is 5.82 Å². The van der Waals surface area contributed by atoms with Crippen molar-refractivity contribution in [1.29, 1.82) is 0 Å². The number of hydrogen-bond acceptors (Lipinski definition) is 4. The number of hydrogen-bond donors (Lipinski definition) is 0. The van der Waals surface area contributed by atoms with E-state index in [-0.39, 0.29) is 11.5 Å². The molecule has 0 aliphatic carbocycles. The first kappa shape index (κ1) is 11.8. The summed E-state index contributed by atoms with van der Waals surface area (Å²) in [6.45, 7) is 2.01. The second-order valence-electron chi connectivity index (χ2n) is 4.34. The van der Waals surface area contributed by atoms with Crippen LogP contribution in [0.4, 0.5) is 5.82 Å². The van der Waals surface area contributed by atoms with Crippen molar-refractivity contribution in [3.63, 3.8) is 0 Å². The highest BCUT2D eigenvalue weighted by molar-refractivity contribution is 5.47. The Morgan fingerprint density at radius 3 is 2.82 bits per heavy atom. The lowest BCUT2D eigenvalue weighted by molar-refractivity contribution is -0.479. The predicted octanol–water partition coefficient (Wildman–Crippen LogP) is 1.89. The smallest absolute Gasteiger partial charge is 0.208 e. The van der Waals surface area contributed by atoms with Crippen LogP contribution < -0.4 is 4.90 Å². The zero-order valence-electron chi connectivity index (χ0n) is 9.84. The molecule has 1 fully saturated rings. The summed E-state index contributed by atoms with van der Waals surface area (Å²) in [6.07, 6.45) is 5.87. The Kier molecular flexibility index (Phi) is 3.90. The molecular formula is C12H17N3O2. The van der Waals surface area contributed by atoms with Gasteiger partial charge >= 0.3 is 0 Å².